The molecule has 0 aromatic heterocycles. The van der Waals surface area contributed by atoms with Gasteiger partial charge in [0.25, 0.3) is 0 Å². The average Bonchev–Trinajstić information content (AvgIpc) is 0.722. The van der Waals surface area contributed by atoms with Crippen LogP contribution in [0.4, 0.5) is 0 Å². The molecule has 0 heterocycles. The Balaban J connectivity index is -0.0000000800. The standard InChI is InChI=1S/Mo.H3O3PS.Re/c;1-4(2,3)5;/h;(H3,1,2,3,5);. The van der Waals surface area contributed by atoms with Crippen molar-refractivity contribution < 1.29 is 56.2 Å². The van der Waals surface area contributed by atoms with Crippen LogP contribution in [0.25, 0.3) is 0 Å². The summed E-state index contributed by atoms with van der Waals surface area (Å²) in [5, 5.41) is 0. The Hall–Kier alpha value is 1.88. The van der Waals surface area contributed by atoms with Crippen molar-refractivity contribution in [1.82, 2.24) is 0 Å². The van der Waals surface area contributed by atoms with E-state index < -0.39 is 6.72 Å². The Morgan fingerprint density at radius 2 is 1.14 bits per heavy atom. The maximum Gasteiger partial charge on any atom is 0.319 e. The molecule has 0 atom stereocenters. The maximum absolute atomic E-state index is 7.56. The van der Waals surface area contributed by atoms with Gasteiger partial charge >= 0.3 is 6.72 Å². The van der Waals surface area contributed by atoms with Gasteiger partial charge in [-0.15, -0.1) is 0 Å². The minimum Gasteiger partial charge on any atom is -0.325 e. The van der Waals surface area contributed by atoms with Gasteiger partial charge in [0.2, 0.25) is 0 Å². The zero-order valence-corrected chi connectivity index (χ0v) is 9.42. The van der Waals surface area contributed by atoms with E-state index in [9.17, 15) is 0 Å². The first-order chi connectivity index (χ1) is 2.00. The van der Waals surface area contributed by atoms with E-state index in [0.29, 0.717) is 0 Å². The molecule has 0 fully saturated rings. The molecule has 0 amide bonds. The predicted octanol–water partition coefficient (Wildman–Crippen LogP) is -0.817. The summed E-state index contributed by atoms with van der Waals surface area (Å²) in [5.41, 5.74) is 0. The largest absolute Gasteiger partial charge is 0.325 e. The SMILES string of the molecule is OP(O)(O)=S.[Mo].[Re]. The van der Waals surface area contributed by atoms with Gasteiger partial charge in [-0.25, -0.2) is 0 Å². The molecule has 0 saturated heterocycles. The van der Waals surface area contributed by atoms with Gasteiger partial charge in [-0.2, -0.15) is 0 Å². The van der Waals surface area contributed by atoms with Gasteiger partial charge in [-0.1, -0.05) is 0 Å². The molecule has 0 aliphatic carbocycles. The van der Waals surface area contributed by atoms with Crippen LogP contribution in [0.2, 0.25) is 0 Å². The van der Waals surface area contributed by atoms with Crippen LogP contribution in [-0.2, 0) is 53.3 Å². The van der Waals surface area contributed by atoms with E-state index in [0.717, 1.165) is 0 Å². The summed E-state index contributed by atoms with van der Waals surface area (Å²) in [6.07, 6.45) is 0. The van der Waals surface area contributed by atoms with Crippen LogP contribution < -0.4 is 0 Å². The average molecular weight is 396 g/mol. The fourth-order valence-corrected chi connectivity index (χ4v) is 0. The third-order valence-electron chi connectivity index (χ3n) is 0. The van der Waals surface area contributed by atoms with Crippen molar-refractivity contribution in [3.63, 3.8) is 0 Å². The van der Waals surface area contributed by atoms with Crippen molar-refractivity contribution in [2.75, 3.05) is 0 Å². The zero-order chi connectivity index (χ0) is 4.50. The Kier molecular flexibility index (Phi) is 13.7. The van der Waals surface area contributed by atoms with Gasteiger partial charge in [-0.05, 0) is 11.8 Å². The number of hydrogen-bond donors (Lipinski definition) is 3. The molecule has 45 valence electrons. The molecule has 0 saturated carbocycles. The normalized spacial score (nSPS) is 8.43. The first kappa shape index (κ1) is 15.9. The maximum atomic E-state index is 7.56. The van der Waals surface area contributed by atoms with E-state index in [1.807, 2.05) is 0 Å². The predicted molar refractivity (Wildman–Crippen MR) is 20.9 cm³/mol. The van der Waals surface area contributed by atoms with Gasteiger partial charge in [0.15, 0.2) is 0 Å². The molecule has 1 radical (unpaired) electrons. The zero-order valence-electron chi connectivity index (χ0n) is 2.98. The summed E-state index contributed by atoms with van der Waals surface area (Å²) in [6, 6.07) is 0. The fourth-order valence-electron chi connectivity index (χ4n) is 0. The summed E-state index contributed by atoms with van der Waals surface area (Å²) in [4.78, 5) is 22.7. The van der Waals surface area contributed by atoms with Crippen LogP contribution in [0, 0.1) is 0 Å². The first-order valence-electron chi connectivity index (χ1n) is 0.783. The molecule has 0 spiro atoms. The van der Waals surface area contributed by atoms with Gasteiger partial charge in [-0.3, -0.25) is 0 Å². The van der Waals surface area contributed by atoms with E-state index in [4.69, 9.17) is 14.7 Å². The third-order valence-corrected chi connectivity index (χ3v) is 0. The third kappa shape index (κ3) is 77.1. The Morgan fingerprint density at radius 3 is 1.14 bits per heavy atom. The van der Waals surface area contributed by atoms with Crippen molar-refractivity contribution in [1.29, 1.82) is 0 Å². The van der Waals surface area contributed by atoms with E-state index >= 15 is 0 Å². The molecule has 0 aliphatic heterocycles. The molecule has 7 heteroatoms. The summed E-state index contributed by atoms with van der Waals surface area (Å²) < 4.78 is 0. The van der Waals surface area contributed by atoms with Crippen molar-refractivity contribution in [2.45, 2.75) is 0 Å². The van der Waals surface area contributed by atoms with Crippen LogP contribution in [0.1, 0.15) is 0 Å². The summed E-state index contributed by atoms with van der Waals surface area (Å²) >= 11 is 3.60. The molecule has 0 bridgehead atoms. The second kappa shape index (κ2) is 6.01. The van der Waals surface area contributed by atoms with Crippen molar-refractivity contribution >= 4 is 18.5 Å². The molecule has 3 nitrogen and oxygen atoms in total. The Morgan fingerprint density at radius 1 is 1.14 bits per heavy atom. The number of hydrogen-bond acceptors (Lipinski definition) is 1. The summed E-state index contributed by atoms with van der Waals surface area (Å²) in [7, 11) is 0. The summed E-state index contributed by atoms with van der Waals surface area (Å²) in [6.45, 7) is -3.81. The van der Waals surface area contributed by atoms with Crippen LogP contribution in [0.15, 0.2) is 0 Å². The molecule has 0 aromatic rings. The van der Waals surface area contributed by atoms with Crippen LogP contribution in [-0.4, -0.2) is 14.7 Å². The van der Waals surface area contributed by atoms with Gasteiger partial charge in [0.05, 0.1) is 0 Å². The minimum atomic E-state index is -3.81. The van der Waals surface area contributed by atoms with Crippen molar-refractivity contribution in [3.8, 4) is 0 Å². The second-order valence-electron chi connectivity index (χ2n) is 0.513. The first-order valence-corrected chi connectivity index (χ1v) is 3.44. The molecule has 0 aromatic carbocycles. The van der Waals surface area contributed by atoms with Crippen LogP contribution in [0.5, 0.6) is 0 Å². The van der Waals surface area contributed by atoms with E-state index in [1.54, 1.807) is 0 Å². The molecular weight excluding hydrogens is 393 g/mol. The minimum absolute atomic E-state index is 0. The monoisotopic (exact) mass is 399 g/mol. The molecular formula is H3MoO3PReS. The topological polar surface area (TPSA) is 60.7 Å². The molecule has 0 aliphatic rings. The Labute approximate surface area is 74.3 Å². The smallest absolute Gasteiger partial charge is 0.319 e. The molecule has 7 heavy (non-hydrogen) atoms. The van der Waals surface area contributed by atoms with E-state index in [-0.39, 0.29) is 41.5 Å². The Bertz CT molecular complexity index is 61.1. The fraction of sp³-hybridized carbons (Fsp3) is 0. The van der Waals surface area contributed by atoms with Crippen molar-refractivity contribution in [2.24, 2.45) is 0 Å². The van der Waals surface area contributed by atoms with Gasteiger partial charge in [0, 0.05) is 41.5 Å². The van der Waals surface area contributed by atoms with Gasteiger partial charge < -0.3 is 14.7 Å². The molecule has 0 rings (SSSR count). The van der Waals surface area contributed by atoms with Crippen LogP contribution in [0.3, 0.4) is 0 Å². The molecule has 0 unspecified atom stereocenters. The van der Waals surface area contributed by atoms with Gasteiger partial charge in [0.1, 0.15) is 0 Å². The number of rotatable bonds is 0. The quantitative estimate of drug-likeness (QED) is 0.370. The summed E-state index contributed by atoms with van der Waals surface area (Å²) in [5.74, 6) is 0. The van der Waals surface area contributed by atoms with Crippen molar-refractivity contribution in [3.05, 3.63) is 0 Å². The van der Waals surface area contributed by atoms with E-state index in [2.05, 4.69) is 11.8 Å². The van der Waals surface area contributed by atoms with Crippen LogP contribution >= 0.6 is 6.72 Å². The molecule has 3 N–H and O–H groups in total. The second-order valence-corrected chi connectivity index (χ2v) is 3.01. The van der Waals surface area contributed by atoms with E-state index in [1.165, 1.54) is 0 Å².